The predicted molar refractivity (Wildman–Crippen MR) is 97.8 cm³/mol. The number of anilines is 1. The number of imidazole rings is 1. The van der Waals surface area contributed by atoms with Gasteiger partial charge in [-0.05, 0) is 38.0 Å². The number of hydrogen-bond donors (Lipinski definition) is 1. The first-order chi connectivity index (χ1) is 12.2. The van der Waals surface area contributed by atoms with E-state index < -0.39 is 20.0 Å². The highest BCUT2D eigenvalue weighted by molar-refractivity contribution is 7.92. The monoisotopic (exact) mass is 398 g/mol. The second kappa shape index (κ2) is 7.01. The zero-order valence-corrected chi connectivity index (χ0v) is 16.3. The molecule has 1 N–H and O–H groups in total. The Morgan fingerprint density at radius 3 is 2.38 bits per heavy atom. The molecule has 1 fully saturated rings. The zero-order valence-electron chi connectivity index (χ0n) is 14.7. The molecule has 1 aromatic heterocycles. The molecular weight excluding hydrogens is 376 g/mol. The van der Waals surface area contributed by atoms with E-state index in [0.717, 1.165) is 19.3 Å². The lowest BCUT2D eigenvalue weighted by molar-refractivity contribution is 0.346. The summed E-state index contributed by atoms with van der Waals surface area (Å²) in [4.78, 5) is 4.09. The van der Waals surface area contributed by atoms with Crippen LogP contribution in [-0.2, 0) is 27.1 Å². The highest BCUT2D eigenvalue weighted by Gasteiger charge is 2.26. The topological polar surface area (TPSA) is 101 Å². The van der Waals surface area contributed by atoms with Gasteiger partial charge in [0.1, 0.15) is 5.82 Å². The van der Waals surface area contributed by atoms with Gasteiger partial charge >= 0.3 is 0 Å². The molecule has 0 atom stereocenters. The molecule has 10 heteroatoms. The largest absolute Gasteiger partial charge is 0.337 e. The Hall–Kier alpha value is -1.91. The molecule has 1 saturated heterocycles. The average molecular weight is 399 g/mol. The number of nitrogens with zero attached hydrogens (tertiary/aromatic N) is 3. The third-order valence-electron chi connectivity index (χ3n) is 4.40. The number of hydrogen-bond acceptors (Lipinski definition) is 5. The number of aryl methyl sites for hydroxylation is 2. The van der Waals surface area contributed by atoms with Crippen molar-refractivity contribution in [3.05, 3.63) is 36.3 Å². The molecule has 0 aliphatic carbocycles. The predicted octanol–water partition coefficient (Wildman–Crippen LogP) is 1.70. The van der Waals surface area contributed by atoms with E-state index in [1.807, 2.05) is 0 Å². The highest BCUT2D eigenvalue weighted by atomic mass is 32.2. The van der Waals surface area contributed by atoms with Crippen LogP contribution in [0.1, 0.15) is 25.1 Å². The van der Waals surface area contributed by atoms with Crippen molar-refractivity contribution in [3.63, 3.8) is 0 Å². The summed E-state index contributed by atoms with van der Waals surface area (Å²) in [5, 5.41) is -0.109. The van der Waals surface area contributed by atoms with Gasteiger partial charge in [0, 0.05) is 26.3 Å². The van der Waals surface area contributed by atoms with Crippen LogP contribution in [0.2, 0.25) is 0 Å². The van der Waals surface area contributed by atoms with Crippen molar-refractivity contribution < 1.29 is 16.8 Å². The number of benzene rings is 1. The van der Waals surface area contributed by atoms with Crippen molar-refractivity contribution >= 4 is 25.7 Å². The number of sulfonamides is 2. The van der Waals surface area contributed by atoms with Gasteiger partial charge in [0.25, 0.3) is 10.0 Å². The number of piperidine rings is 1. The maximum atomic E-state index is 12.8. The van der Waals surface area contributed by atoms with Crippen LogP contribution in [0.5, 0.6) is 0 Å². The van der Waals surface area contributed by atoms with Crippen molar-refractivity contribution in [3.8, 4) is 0 Å². The lowest BCUT2D eigenvalue weighted by atomic mass is 10.2. The van der Waals surface area contributed by atoms with Crippen LogP contribution in [0.15, 0.2) is 40.4 Å². The zero-order chi connectivity index (χ0) is 18.9. The van der Waals surface area contributed by atoms with Crippen LogP contribution in [0, 0.1) is 6.92 Å². The molecule has 0 unspecified atom stereocenters. The molecule has 26 heavy (non-hydrogen) atoms. The van der Waals surface area contributed by atoms with Crippen LogP contribution in [0.3, 0.4) is 0 Å². The highest BCUT2D eigenvalue weighted by Crippen LogP contribution is 2.24. The summed E-state index contributed by atoms with van der Waals surface area (Å²) in [6, 6.07) is 5.87. The first-order valence-corrected chi connectivity index (χ1v) is 11.3. The fourth-order valence-electron chi connectivity index (χ4n) is 2.84. The average Bonchev–Trinajstić information content (AvgIpc) is 2.95. The molecule has 3 rings (SSSR count). The van der Waals surface area contributed by atoms with Gasteiger partial charge in [-0.25, -0.2) is 13.4 Å². The molecule has 1 aliphatic heterocycles. The Bertz CT molecular complexity index is 987. The first-order valence-electron chi connectivity index (χ1n) is 8.33. The normalized spacial score (nSPS) is 16.5. The van der Waals surface area contributed by atoms with Crippen LogP contribution in [-0.4, -0.2) is 43.8 Å². The quantitative estimate of drug-likeness (QED) is 0.826. The standard InChI is InChI=1S/C16H22N4O4S2/c1-13-17-16(12-19(13)2)25(21,22)18-14-7-6-8-15(11-14)26(23,24)20-9-4-3-5-10-20/h6-8,11-12,18H,3-5,9-10H2,1-2H3. The molecule has 2 heterocycles. The van der Waals surface area contributed by atoms with Gasteiger partial charge in [0.05, 0.1) is 10.6 Å². The fourth-order valence-corrected chi connectivity index (χ4v) is 5.49. The molecule has 0 radical (unpaired) electrons. The minimum absolute atomic E-state index is 0.0804. The van der Waals surface area contributed by atoms with Crippen molar-refractivity contribution in [2.24, 2.45) is 7.05 Å². The molecule has 1 aliphatic rings. The third kappa shape index (κ3) is 3.76. The molecule has 0 bridgehead atoms. The Morgan fingerprint density at radius 2 is 1.77 bits per heavy atom. The molecule has 8 nitrogen and oxygen atoms in total. The number of nitrogens with one attached hydrogen (secondary N) is 1. The van der Waals surface area contributed by atoms with Crippen molar-refractivity contribution in [2.45, 2.75) is 36.1 Å². The summed E-state index contributed by atoms with van der Waals surface area (Å²) in [6.07, 6.45) is 4.11. The maximum Gasteiger partial charge on any atom is 0.280 e. The number of rotatable bonds is 5. The van der Waals surface area contributed by atoms with Crippen molar-refractivity contribution in [2.75, 3.05) is 17.8 Å². The molecule has 0 amide bonds. The van der Waals surface area contributed by atoms with Gasteiger partial charge in [-0.3, -0.25) is 4.72 Å². The van der Waals surface area contributed by atoms with Crippen LogP contribution in [0.25, 0.3) is 0 Å². The van der Waals surface area contributed by atoms with Gasteiger partial charge in [-0.1, -0.05) is 12.5 Å². The lowest BCUT2D eigenvalue weighted by Crippen LogP contribution is -2.35. The van der Waals surface area contributed by atoms with E-state index in [-0.39, 0.29) is 15.6 Å². The first kappa shape index (κ1) is 18.9. The summed E-state index contributed by atoms with van der Waals surface area (Å²) in [6.45, 7) is 2.68. The van der Waals surface area contributed by atoms with E-state index in [4.69, 9.17) is 0 Å². The van der Waals surface area contributed by atoms with Crippen LogP contribution >= 0.6 is 0 Å². The fraction of sp³-hybridized carbons (Fsp3) is 0.438. The summed E-state index contributed by atoms with van der Waals surface area (Å²) in [7, 11) is -5.82. The van der Waals surface area contributed by atoms with E-state index in [0.29, 0.717) is 18.9 Å². The van der Waals surface area contributed by atoms with E-state index in [1.165, 1.54) is 34.8 Å². The van der Waals surface area contributed by atoms with E-state index >= 15 is 0 Å². The summed E-state index contributed by atoms with van der Waals surface area (Å²) < 4.78 is 55.9. The molecular formula is C16H22N4O4S2. The van der Waals surface area contributed by atoms with Crippen molar-refractivity contribution in [1.29, 1.82) is 0 Å². The van der Waals surface area contributed by atoms with Gasteiger partial charge in [-0.2, -0.15) is 12.7 Å². The Kier molecular flexibility index (Phi) is 5.09. The van der Waals surface area contributed by atoms with Crippen molar-refractivity contribution in [1.82, 2.24) is 13.9 Å². The Morgan fingerprint density at radius 1 is 1.08 bits per heavy atom. The van der Waals surface area contributed by atoms with E-state index in [2.05, 4.69) is 9.71 Å². The van der Waals surface area contributed by atoms with Crippen LogP contribution < -0.4 is 4.72 Å². The molecule has 2 aromatic rings. The molecule has 1 aromatic carbocycles. The van der Waals surface area contributed by atoms with Gasteiger partial charge < -0.3 is 4.57 Å². The second-order valence-corrected chi connectivity index (χ2v) is 9.90. The number of aromatic nitrogens is 2. The molecule has 142 valence electrons. The van der Waals surface area contributed by atoms with Gasteiger partial charge in [0.15, 0.2) is 5.03 Å². The van der Waals surface area contributed by atoms with Gasteiger partial charge in [-0.15, -0.1) is 0 Å². The SMILES string of the molecule is Cc1nc(S(=O)(=O)Nc2cccc(S(=O)(=O)N3CCCCC3)c2)cn1C. The third-order valence-corrected chi connectivity index (χ3v) is 7.55. The summed E-state index contributed by atoms with van der Waals surface area (Å²) in [5.74, 6) is 0.562. The summed E-state index contributed by atoms with van der Waals surface area (Å²) in [5.41, 5.74) is 0.186. The van der Waals surface area contributed by atoms with Gasteiger partial charge in [0.2, 0.25) is 10.0 Å². The second-order valence-electron chi connectivity index (χ2n) is 6.34. The maximum absolute atomic E-state index is 12.8. The van der Waals surface area contributed by atoms with E-state index in [9.17, 15) is 16.8 Å². The Labute approximate surface area is 154 Å². The minimum atomic E-state index is -3.89. The molecule has 0 saturated carbocycles. The molecule has 0 spiro atoms. The Balaban J connectivity index is 1.87. The van der Waals surface area contributed by atoms with Crippen LogP contribution in [0.4, 0.5) is 5.69 Å². The minimum Gasteiger partial charge on any atom is -0.337 e. The summed E-state index contributed by atoms with van der Waals surface area (Å²) >= 11 is 0. The smallest absolute Gasteiger partial charge is 0.280 e. The lowest BCUT2D eigenvalue weighted by Gasteiger charge is -2.26. The van der Waals surface area contributed by atoms with E-state index in [1.54, 1.807) is 18.5 Å².